The summed E-state index contributed by atoms with van der Waals surface area (Å²) in [5.41, 5.74) is 0. The number of halogens is 1. The van der Waals surface area contributed by atoms with Crippen molar-refractivity contribution in [1.29, 1.82) is 0 Å². The Morgan fingerprint density at radius 2 is 2.38 bits per heavy atom. The van der Waals surface area contributed by atoms with Crippen LogP contribution in [0, 0.1) is 0 Å². The van der Waals surface area contributed by atoms with E-state index in [4.69, 9.17) is 16.7 Å². The minimum atomic E-state index is -1.18. The molecule has 6 nitrogen and oxygen atoms in total. The van der Waals surface area contributed by atoms with E-state index >= 15 is 0 Å². The van der Waals surface area contributed by atoms with E-state index in [1.165, 1.54) is 17.2 Å². The second-order valence-electron chi connectivity index (χ2n) is 3.28. The van der Waals surface area contributed by atoms with Gasteiger partial charge in [-0.2, -0.15) is 0 Å². The molecule has 16 heavy (non-hydrogen) atoms. The summed E-state index contributed by atoms with van der Waals surface area (Å²) in [5, 5.41) is 12.5. The number of nitrogens with one attached hydrogen (secondary N) is 1. The van der Waals surface area contributed by atoms with Crippen LogP contribution in [0.5, 0.6) is 0 Å². The number of amides is 2. The fourth-order valence-corrected chi connectivity index (χ4v) is 3.16. The van der Waals surface area contributed by atoms with Gasteiger partial charge in [-0.05, 0) is 5.41 Å². The summed E-state index contributed by atoms with van der Waals surface area (Å²) in [6, 6.07) is -1.80. The molecular weight excluding hydrogens is 256 g/mol. The molecule has 0 aromatic carbocycles. The maximum atomic E-state index is 11.6. The van der Waals surface area contributed by atoms with Crippen molar-refractivity contribution in [2.24, 2.45) is 0 Å². The van der Waals surface area contributed by atoms with Crippen molar-refractivity contribution in [3.05, 3.63) is 10.4 Å². The lowest BCUT2D eigenvalue weighted by molar-refractivity contribution is -0.159. The number of carbonyl (C=O) groups excluding carboxylic acids is 2. The predicted molar refractivity (Wildman–Crippen MR) is 56.6 cm³/mol. The summed E-state index contributed by atoms with van der Waals surface area (Å²) in [5.74, 6) is -1.60. The third-order valence-corrected chi connectivity index (χ3v) is 4.03. The SMILES string of the molecule is O=CN[C@@H]1C(=O)N2C(C(=O)O)C(Cl)=CS[C@@H]12. The number of β-lactam (4-membered cyclic amide) rings is 1. The molecule has 1 fully saturated rings. The van der Waals surface area contributed by atoms with Gasteiger partial charge < -0.3 is 15.3 Å². The molecule has 1 saturated heterocycles. The first-order valence-electron chi connectivity index (χ1n) is 4.33. The molecule has 0 aliphatic carbocycles. The van der Waals surface area contributed by atoms with Crippen LogP contribution in [0.25, 0.3) is 0 Å². The largest absolute Gasteiger partial charge is 0.479 e. The highest BCUT2D eigenvalue weighted by molar-refractivity contribution is 8.03. The van der Waals surface area contributed by atoms with Gasteiger partial charge in [0.15, 0.2) is 6.04 Å². The first-order chi connectivity index (χ1) is 7.57. The molecule has 2 N–H and O–H groups in total. The molecule has 8 heteroatoms. The van der Waals surface area contributed by atoms with Crippen molar-refractivity contribution in [2.45, 2.75) is 17.5 Å². The highest BCUT2D eigenvalue weighted by Gasteiger charge is 2.55. The maximum absolute atomic E-state index is 11.6. The molecule has 0 aromatic rings. The Morgan fingerprint density at radius 3 is 2.94 bits per heavy atom. The Labute approximate surface area is 99.6 Å². The maximum Gasteiger partial charge on any atom is 0.332 e. The van der Waals surface area contributed by atoms with Crippen molar-refractivity contribution in [3.63, 3.8) is 0 Å². The number of fused-ring (bicyclic) bond motifs is 1. The molecule has 2 aliphatic heterocycles. The molecular formula is C8H7ClN2O4S. The van der Waals surface area contributed by atoms with E-state index in [-0.39, 0.29) is 10.4 Å². The smallest absolute Gasteiger partial charge is 0.332 e. The monoisotopic (exact) mass is 262 g/mol. The van der Waals surface area contributed by atoms with Crippen LogP contribution in [0.4, 0.5) is 0 Å². The number of carbonyl (C=O) groups is 3. The fourth-order valence-electron chi connectivity index (χ4n) is 1.70. The number of carboxylic acid groups (broad SMARTS) is 1. The summed E-state index contributed by atoms with van der Waals surface area (Å²) >= 11 is 6.96. The Hall–Kier alpha value is -1.21. The summed E-state index contributed by atoms with van der Waals surface area (Å²) in [6.45, 7) is 0. The average Bonchev–Trinajstić information content (AvgIpc) is 2.25. The highest BCUT2D eigenvalue weighted by Crippen LogP contribution is 2.40. The zero-order valence-corrected chi connectivity index (χ0v) is 9.36. The Morgan fingerprint density at radius 1 is 1.69 bits per heavy atom. The molecule has 1 unspecified atom stereocenters. The molecule has 2 amide bonds. The molecule has 2 aliphatic rings. The lowest BCUT2D eigenvalue weighted by atomic mass is 10.0. The zero-order chi connectivity index (χ0) is 11.9. The first-order valence-corrected chi connectivity index (χ1v) is 5.65. The molecule has 3 atom stereocenters. The van der Waals surface area contributed by atoms with Gasteiger partial charge in [0.2, 0.25) is 12.3 Å². The first kappa shape index (κ1) is 11.3. The lowest BCUT2D eigenvalue weighted by Gasteiger charge is -2.50. The van der Waals surface area contributed by atoms with Gasteiger partial charge in [-0.3, -0.25) is 9.59 Å². The Kier molecular flexibility index (Phi) is 2.81. The van der Waals surface area contributed by atoms with Gasteiger partial charge >= 0.3 is 5.97 Å². The van der Waals surface area contributed by atoms with Crippen LogP contribution < -0.4 is 5.32 Å². The van der Waals surface area contributed by atoms with Crippen molar-refractivity contribution >= 4 is 41.6 Å². The van der Waals surface area contributed by atoms with Crippen LogP contribution >= 0.6 is 23.4 Å². The number of rotatable bonds is 3. The van der Waals surface area contributed by atoms with Gasteiger partial charge in [-0.25, -0.2) is 4.79 Å². The number of thioether (sulfide) groups is 1. The zero-order valence-electron chi connectivity index (χ0n) is 7.79. The number of carboxylic acids is 1. The third-order valence-electron chi connectivity index (χ3n) is 2.42. The van der Waals surface area contributed by atoms with Crippen LogP contribution in [0.3, 0.4) is 0 Å². The van der Waals surface area contributed by atoms with E-state index in [0.717, 1.165) is 4.90 Å². The van der Waals surface area contributed by atoms with Gasteiger partial charge in [0, 0.05) is 0 Å². The molecule has 86 valence electrons. The Balaban J connectivity index is 2.24. The van der Waals surface area contributed by atoms with E-state index in [9.17, 15) is 14.4 Å². The molecule has 0 saturated carbocycles. The van der Waals surface area contributed by atoms with E-state index in [0.29, 0.717) is 6.41 Å². The van der Waals surface area contributed by atoms with Crippen molar-refractivity contribution in [1.82, 2.24) is 10.2 Å². The van der Waals surface area contributed by atoms with Crippen molar-refractivity contribution < 1.29 is 19.5 Å². The van der Waals surface area contributed by atoms with E-state index < -0.39 is 24.0 Å². The molecule has 0 bridgehead atoms. The van der Waals surface area contributed by atoms with E-state index in [2.05, 4.69) is 5.32 Å². The summed E-state index contributed by atoms with van der Waals surface area (Å²) in [6.07, 6.45) is 0.427. The molecule has 0 aromatic heterocycles. The van der Waals surface area contributed by atoms with E-state index in [1.807, 2.05) is 0 Å². The van der Waals surface area contributed by atoms with Gasteiger partial charge in [0.25, 0.3) is 0 Å². The predicted octanol–water partition coefficient (Wildman–Crippen LogP) is -0.450. The second-order valence-corrected chi connectivity index (χ2v) is 4.71. The van der Waals surface area contributed by atoms with Crippen LogP contribution in [-0.4, -0.2) is 45.8 Å². The highest BCUT2D eigenvalue weighted by atomic mass is 35.5. The van der Waals surface area contributed by atoms with Crippen LogP contribution in [0.1, 0.15) is 0 Å². The summed E-state index contributed by atoms with van der Waals surface area (Å²) in [7, 11) is 0. The quantitative estimate of drug-likeness (QED) is 0.531. The van der Waals surface area contributed by atoms with Crippen LogP contribution in [0.15, 0.2) is 10.4 Å². The van der Waals surface area contributed by atoms with Gasteiger partial charge in [0.1, 0.15) is 11.4 Å². The lowest BCUT2D eigenvalue weighted by Crippen LogP contribution is -2.72. The van der Waals surface area contributed by atoms with Gasteiger partial charge in [-0.15, -0.1) is 11.8 Å². The number of aliphatic carboxylic acids is 1. The number of hydrogen-bond donors (Lipinski definition) is 2. The summed E-state index contributed by atoms with van der Waals surface area (Å²) < 4.78 is 0. The average molecular weight is 263 g/mol. The topological polar surface area (TPSA) is 86.7 Å². The second kappa shape index (κ2) is 3.99. The van der Waals surface area contributed by atoms with Crippen molar-refractivity contribution in [3.8, 4) is 0 Å². The normalized spacial score (nSPS) is 32.3. The van der Waals surface area contributed by atoms with Crippen LogP contribution in [0.2, 0.25) is 0 Å². The molecule has 2 heterocycles. The number of nitrogens with zero attached hydrogens (tertiary/aromatic N) is 1. The minimum Gasteiger partial charge on any atom is -0.479 e. The van der Waals surface area contributed by atoms with Gasteiger partial charge in [-0.1, -0.05) is 11.6 Å². The van der Waals surface area contributed by atoms with Gasteiger partial charge in [0.05, 0.1) is 5.03 Å². The van der Waals surface area contributed by atoms with E-state index in [1.54, 1.807) is 0 Å². The van der Waals surface area contributed by atoms with Crippen molar-refractivity contribution in [2.75, 3.05) is 0 Å². The standard InChI is InChI=1S/C8H7ClN2O4S/c9-3-1-16-7-4(10-2-12)6(13)11(7)5(3)8(14)15/h1-2,4-5,7H,(H,10,12)(H,14,15)/t4-,5?,7+/m1/s1. The Bertz CT molecular complexity index is 399. The van der Waals surface area contributed by atoms with Crippen LogP contribution in [-0.2, 0) is 14.4 Å². The molecule has 2 rings (SSSR count). The summed E-state index contributed by atoms with van der Waals surface area (Å²) in [4.78, 5) is 34.0. The third kappa shape index (κ3) is 1.47. The fraction of sp³-hybridized carbons (Fsp3) is 0.375. The molecule has 0 radical (unpaired) electrons. The number of hydrogen-bond acceptors (Lipinski definition) is 4. The minimum absolute atomic E-state index is 0.103. The molecule has 0 spiro atoms.